The van der Waals surface area contributed by atoms with Crippen LogP contribution in [0.3, 0.4) is 0 Å². The number of Topliss-reactive ketones (excluding diaryl/α,β-unsaturated/α-hetero) is 1. The van der Waals surface area contributed by atoms with Crippen molar-refractivity contribution < 1.29 is 14.6 Å². The van der Waals surface area contributed by atoms with Crippen molar-refractivity contribution in [3.8, 4) is 5.75 Å². The molecule has 0 radical (unpaired) electrons. The van der Waals surface area contributed by atoms with Crippen molar-refractivity contribution in [2.75, 3.05) is 6.61 Å². The number of carbonyl (C=O) groups is 1. The fourth-order valence-electron chi connectivity index (χ4n) is 2.22. The number of rotatable bonds is 8. The SMILES string of the molecule is CCCC(O)(CCC)COc1cccc(C(C)=O)c1. The van der Waals surface area contributed by atoms with Crippen LogP contribution in [0.15, 0.2) is 24.3 Å². The first kappa shape index (κ1) is 15.7. The number of ketones is 1. The van der Waals surface area contributed by atoms with Crippen molar-refractivity contribution in [2.45, 2.75) is 52.1 Å². The summed E-state index contributed by atoms with van der Waals surface area (Å²) in [5, 5.41) is 10.5. The van der Waals surface area contributed by atoms with Crippen LogP contribution in [-0.2, 0) is 0 Å². The smallest absolute Gasteiger partial charge is 0.159 e. The molecular weight excluding hydrogens is 240 g/mol. The highest BCUT2D eigenvalue weighted by atomic mass is 16.5. The molecule has 19 heavy (non-hydrogen) atoms. The molecule has 3 heteroatoms. The van der Waals surface area contributed by atoms with Crippen molar-refractivity contribution in [3.05, 3.63) is 29.8 Å². The maximum Gasteiger partial charge on any atom is 0.159 e. The molecule has 0 aliphatic rings. The molecule has 0 aromatic heterocycles. The van der Waals surface area contributed by atoms with Gasteiger partial charge in [0, 0.05) is 5.56 Å². The third-order valence-electron chi connectivity index (χ3n) is 3.18. The molecule has 0 saturated carbocycles. The Labute approximate surface area is 115 Å². The average molecular weight is 264 g/mol. The largest absolute Gasteiger partial charge is 0.491 e. The van der Waals surface area contributed by atoms with Crippen LogP contribution in [0.25, 0.3) is 0 Å². The van der Waals surface area contributed by atoms with Crippen molar-refractivity contribution in [2.24, 2.45) is 0 Å². The summed E-state index contributed by atoms with van der Waals surface area (Å²) >= 11 is 0. The zero-order valence-corrected chi connectivity index (χ0v) is 12.1. The van der Waals surface area contributed by atoms with Gasteiger partial charge in [0.15, 0.2) is 5.78 Å². The predicted molar refractivity (Wildman–Crippen MR) is 76.7 cm³/mol. The van der Waals surface area contributed by atoms with E-state index in [1.54, 1.807) is 18.2 Å². The molecule has 0 amide bonds. The summed E-state index contributed by atoms with van der Waals surface area (Å²) in [6.07, 6.45) is 3.31. The second kappa shape index (κ2) is 7.29. The lowest BCUT2D eigenvalue weighted by Crippen LogP contribution is -2.35. The van der Waals surface area contributed by atoms with Crippen LogP contribution in [0.5, 0.6) is 5.75 Å². The van der Waals surface area contributed by atoms with Crippen molar-refractivity contribution in [1.29, 1.82) is 0 Å². The summed E-state index contributed by atoms with van der Waals surface area (Å²) in [7, 11) is 0. The highest BCUT2D eigenvalue weighted by Crippen LogP contribution is 2.22. The molecular formula is C16H24O3. The van der Waals surface area contributed by atoms with Crippen LogP contribution >= 0.6 is 0 Å². The van der Waals surface area contributed by atoms with E-state index in [9.17, 15) is 9.90 Å². The Morgan fingerprint density at radius 2 is 1.89 bits per heavy atom. The fourth-order valence-corrected chi connectivity index (χ4v) is 2.22. The molecule has 0 unspecified atom stereocenters. The van der Waals surface area contributed by atoms with E-state index in [1.807, 2.05) is 6.07 Å². The van der Waals surface area contributed by atoms with E-state index in [1.165, 1.54) is 6.92 Å². The van der Waals surface area contributed by atoms with Gasteiger partial charge in [0.2, 0.25) is 0 Å². The second-order valence-electron chi connectivity index (χ2n) is 5.10. The minimum absolute atomic E-state index is 0.0165. The summed E-state index contributed by atoms with van der Waals surface area (Å²) in [5.74, 6) is 0.654. The van der Waals surface area contributed by atoms with Gasteiger partial charge in [-0.05, 0) is 31.9 Å². The van der Waals surface area contributed by atoms with Gasteiger partial charge in [-0.3, -0.25) is 4.79 Å². The first-order chi connectivity index (χ1) is 9.00. The first-order valence-electron chi connectivity index (χ1n) is 6.97. The Hall–Kier alpha value is -1.35. The van der Waals surface area contributed by atoms with Crippen LogP contribution < -0.4 is 4.74 Å². The van der Waals surface area contributed by atoms with E-state index >= 15 is 0 Å². The summed E-state index contributed by atoms with van der Waals surface area (Å²) in [6, 6.07) is 7.09. The summed E-state index contributed by atoms with van der Waals surface area (Å²) < 4.78 is 5.66. The van der Waals surface area contributed by atoms with Crippen LogP contribution in [0.2, 0.25) is 0 Å². The quantitative estimate of drug-likeness (QED) is 0.730. The van der Waals surface area contributed by atoms with Crippen molar-refractivity contribution >= 4 is 5.78 Å². The normalized spacial score (nSPS) is 11.4. The van der Waals surface area contributed by atoms with Crippen LogP contribution in [-0.4, -0.2) is 23.1 Å². The van der Waals surface area contributed by atoms with Gasteiger partial charge < -0.3 is 9.84 Å². The van der Waals surface area contributed by atoms with E-state index in [2.05, 4.69) is 13.8 Å². The van der Waals surface area contributed by atoms with E-state index in [0.29, 0.717) is 11.3 Å². The number of aliphatic hydroxyl groups is 1. The molecule has 0 heterocycles. The average Bonchev–Trinajstić information content (AvgIpc) is 2.37. The van der Waals surface area contributed by atoms with Gasteiger partial charge in [-0.2, -0.15) is 0 Å². The molecule has 1 aromatic carbocycles. The summed E-state index contributed by atoms with van der Waals surface area (Å²) in [5.41, 5.74) is -0.137. The molecule has 0 atom stereocenters. The third kappa shape index (κ3) is 5.03. The fraction of sp³-hybridized carbons (Fsp3) is 0.562. The van der Waals surface area contributed by atoms with E-state index < -0.39 is 5.60 Å². The topological polar surface area (TPSA) is 46.5 Å². The maximum absolute atomic E-state index is 11.3. The number of hydrogen-bond acceptors (Lipinski definition) is 3. The van der Waals surface area contributed by atoms with Crippen LogP contribution in [0, 0.1) is 0 Å². The van der Waals surface area contributed by atoms with Gasteiger partial charge in [0.25, 0.3) is 0 Å². The number of carbonyl (C=O) groups excluding carboxylic acids is 1. The minimum atomic E-state index is -0.768. The predicted octanol–water partition coefficient (Wildman–Crippen LogP) is 3.60. The lowest BCUT2D eigenvalue weighted by Gasteiger charge is -2.27. The van der Waals surface area contributed by atoms with Crippen LogP contribution in [0.1, 0.15) is 56.8 Å². The van der Waals surface area contributed by atoms with Crippen molar-refractivity contribution in [3.63, 3.8) is 0 Å². The standard InChI is InChI=1S/C16H24O3/c1-4-9-16(18,10-5-2)12-19-15-8-6-7-14(11-15)13(3)17/h6-8,11,18H,4-5,9-10,12H2,1-3H3. The summed E-state index contributed by atoms with van der Waals surface area (Å²) in [6.45, 7) is 5.91. The van der Waals surface area contributed by atoms with Gasteiger partial charge >= 0.3 is 0 Å². The monoisotopic (exact) mass is 264 g/mol. The maximum atomic E-state index is 11.3. The van der Waals surface area contributed by atoms with E-state index in [-0.39, 0.29) is 12.4 Å². The zero-order chi connectivity index (χ0) is 14.3. The Morgan fingerprint density at radius 1 is 1.26 bits per heavy atom. The molecule has 0 fully saturated rings. The van der Waals surface area contributed by atoms with Gasteiger partial charge in [-0.15, -0.1) is 0 Å². The molecule has 1 rings (SSSR count). The first-order valence-corrected chi connectivity index (χ1v) is 6.97. The zero-order valence-electron chi connectivity index (χ0n) is 12.1. The number of ether oxygens (including phenoxy) is 1. The highest BCUT2D eigenvalue weighted by Gasteiger charge is 2.25. The lowest BCUT2D eigenvalue weighted by molar-refractivity contribution is -0.0202. The highest BCUT2D eigenvalue weighted by molar-refractivity contribution is 5.94. The van der Waals surface area contributed by atoms with Gasteiger partial charge in [-0.1, -0.05) is 38.8 Å². The van der Waals surface area contributed by atoms with E-state index in [4.69, 9.17) is 4.74 Å². The molecule has 0 bridgehead atoms. The summed E-state index contributed by atoms with van der Waals surface area (Å²) in [4.78, 5) is 11.3. The van der Waals surface area contributed by atoms with Crippen LogP contribution in [0.4, 0.5) is 0 Å². The molecule has 3 nitrogen and oxygen atoms in total. The van der Waals surface area contributed by atoms with Crippen molar-refractivity contribution in [1.82, 2.24) is 0 Å². The second-order valence-corrected chi connectivity index (χ2v) is 5.10. The Kier molecular flexibility index (Phi) is 6.03. The molecule has 1 aromatic rings. The molecule has 0 aliphatic carbocycles. The molecule has 106 valence electrons. The van der Waals surface area contributed by atoms with Gasteiger partial charge in [0.1, 0.15) is 12.4 Å². The Balaban J connectivity index is 2.68. The van der Waals surface area contributed by atoms with Gasteiger partial charge in [-0.25, -0.2) is 0 Å². The van der Waals surface area contributed by atoms with E-state index in [0.717, 1.165) is 25.7 Å². The molecule has 1 N–H and O–H groups in total. The molecule has 0 aliphatic heterocycles. The third-order valence-corrected chi connectivity index (χ3v) is 3.18. The Morgan fingerprint density at radius 3 is 2.42 bits per heavy atom. The lowest BCUT2D eigenvalue weighted by atomic mass is 9.94. The number of hydrogen-bond donors (Lipinski definition) is 1. The molecule has 0 spiro atoms. The van der Waals surface area contributed by atoms with Gasteiger partial charge in [0.05, 0.1) is 5.60 Å². The number of benzene rings is 1. The Bertz CT molecular complexity index is 406. The molecule has 0 saturated heterocycles. The minimum Gasteiger partial charge on any atom is -0.491 e.